The number of rotatable bonds is 6. The summed E-state index contributed by atoms with van der Waals surface area (Å²) in [5, 5.41) is 19.2. The predicted molar refractivity (Wildman–Crippen MR) is 143 cm³/mol. The summed E-state index contributed by atoms with van der Waals surface area (Å²) in [4.78, 5) is 13.5. The van der Waals surface area contributed by atoms with Crippen LogP contribution in [0.4, 0.5) is 5.69 Å². The minimum atomic E-state index is -1.08. The number of anilines is 1. The molecular formula is C30H42N2O2. The molecule has 4 nitrogen and oxygen atoms in total. The minimum absolute atomic E-state index is 0.00106. The van der Waals surface area contributed by atoms with E-state index >= 15 is 0 Å². The lowest BCUT2D eigenvalue weighted by Gasteiger charge is -2.40. The number of nitriles is 1. The Morgan fingerprint density at radius 3 is 2.18 bits per heavy atom. The van der Waals surface area contributed by atoms with Crippen molar-refractivity contribution in [2.24, 2.45) is 5.92 Å². The lowest BCUT2D eigenvalue weighted by molar-refractivity contribution is -0.128. The van der Waals surface area contributed by atoms with Gasteiger partial charge in [0.05, 0.1) is 17.2 Å². The average Bonchev–Trinajstić information content (AvgIpc) is 2.77. The van der Waals surface area contributed by atoms with Crippen LogP contribution < -0.4 is 4.90 Å². The summed E-state index contributed by atoms with van der Waals surface area (Å²) >= 11 is 0. The fourth-order valence-electron chi connectivity index (χ4n) is 3.72. The van der Waals surface area contributed by atoms with E-state index in [1.807, 2.05) is 55.5 Å². The van der Waals surface area contributed by atoms with Crippen LogP contribution in [0.25, 0.3) is 0 Å². The number of ketones is 1. The Balaban J connectivity index is 0.000000310. The molecule has 0 spiro atoms. The molecule has 4 heteroatoms. The van der Waals surface area contributed by atoms with Crippen LogP contribution >= 0.6 is 0 Å². The number of allylic oxidation sites excluding steroid dienone is 1. The fourth-order valence-corrected chi connectivity index (χ4v) is 3.72. The van der Waals surface area contributed by atoms with E-state index in [0.717, 1.165) is 22.5 Å². The van der Waals surface area contributed by atoms with Gasteiger partial charge in [-0.1, -0.05) is 70.2 Å². The molecule has 0 heterocycles. The maximum absolute atomic E-state index is 11.2. The molecule has 3 rings (SSSR count). The molecular weight excluding hydrogens is 420 g/mol. The van der Waals surface area contributed by atoms with Crippen LogP contribution in [0.3, 0.4) is 0 Å². The van der Waals surface area contributed by atoms with Crippen molar-refractivity contribution >= 4 is 11.5 Å². The molecule has 1 aliphatic carbocycles. The van der Waals surface area contributed by atoms with Crippen LogP contribution in [0.2, 0.25) is 0 Å². The summed E-state index contributed by atoms with van der Waals surface area (Å²) in [5.74, 6) is -0.385. The first-order chi connectivity index (χ1) is 16.0. The van der Waals surface area contributed by atoms with Gasteiger partial charge in [-0.2, -0.15) is 5.26 Å². The first kappa shape index (κ1) is 29.1. The monoisotopic (exact) mass is 462 g/mol. The number of hydrogen-bond donors (Lipinski definition) is 1. The number of aryl methyl sites for hydroxylation is 1. The largest absolute Gasteiger partial charge is 0.385 e. The molecule has 0 amide bonds. The molecule has 0 bridgehead atoms. The van der Waals surface area contributed by atoms with E-state index in [9.17, 15) is 9.90 Å². The van der Waals surface area contributed by atoms with Gasteiger partial charge in [0.1, 0.15) is 5.78 Å². The smallest absolute Gasteiger partial charge is 0.135 e. The molecule has 2 aromatic rings. The van der Waals surface area contributed by atoms with Crippen molar-refractivity contribution in [3.05, 3.63) is 77.5 Å². The Bertz CT molecular complexity index is 969. The highest BCUT2D eigenvalue weighted by atomic mass is 16.3. The lowest BCUT2D eigenvalue weighted by atomic mass is 9.82. The van der Waals surface area contributed by atoms with Gasteiger partial charge >= 0.3 is 0 Å². The second-order valence-corrected chi connectivity index (χ2v) is 9.36. The average molecular weight is 463 g/mol. The van der Waals surface area contributed by atoms with Crippen molar-refractivity contribution < 1.29 is 9.90 Å². The van der Waals surface area contributed by atoms with Crippen molar-refractivity contribution in [1.29, 1.82) is 5.26 Å². The van der Waals surface area contributed by atoms with Gasteiger partial charge in [-0.15, -0.1) is 0 Å². The number of Topliss-reactive ketones (excluding diaryl/α,β-unsaturated/α-hetero) is 1. The van der Waals surface area contributed by atoms with E-state index in [1.165, 1.54) is 38.2 Å². The van der Waals surface area contributed by atoms with Crippen LogP contribution in [0.15, 0.2) is 60.8 Å². The van der Waals surface area contributed by atoms with Crippen LogP contribution in [-0.4, -0.2) is 16.9 Å². The second-order valence-electron chi connectivity index (χ2n) is 9.36. The topological polar surface area (TPSA) is 64.3 Å². The van der Waals surface area contributed by atoms with Crippen LogP contribution in [0, 0.1) is 24.2 Å². The molecule has 0 saturated heterocycles. The normalized spacial score (nSPS) is 15.0. The van der Waals surface area contributed by atoms with E-state index in [0.29, 0.717) is 6.04 Å². The van der Waals surface area contributed by atoms with Gasteiger partial charge in [0.2, 0.25) is 0 Å². The number of hydrogen-bond acceptors (Lipinski definition) is 4. The molecule has 1 aliphatic rings. The molecule has 2 aromatic carbocycles. The highest BCUT2D eigenvalue weighted by molar-refractivity contribution is 5.79. The van der Waals surface area contributed by atoms with Crippen molar-refractivity contribution in [3.8, 4) is 6.07 Å². The maximum Gasteiger partial charge on any atom is 0.135 e. The zero-order valence-electron chi connectivity index (χ0n) is 22.1. The van der Waals surface area contributed by atoms with Gasteiger partial charge in [-0.25, -0.2) is 0 Å². The number of nitrogens with zero attached hydrogens (tertiary/aromatic N) is 2. The summed E-state index contributed by atoms with van der Waals surface area (Å²) in [6.45, 7) is 17.4. The maximum atomic E-state index is 11.2. The standard InChI is InChI=1S/C15H18N2.C12H16O2.C3H8/c1-11(2)17(14-5-4-6-14)15-9-13(10-16)8-7-12(15)3;1-9(10(2)13)12(3,14)11-7-5-4-6-8-11;1-3-2/h7-9,14H,1,4-6H2,2-3H3;4-9,14H,1-3H3;3H2,1-2H3/t;9-,12-;/m.1./s1. The van der Waals surface area contributed by atoms with Gasteiger partial charge in [0, 0.05) is 23.3 Å². The van der Waals surface area contributed by atoms with Gasteiger partial charge in [0.15, 0.2) is 0 Å². The van der Waals surface area contributed by atoms with Crippen LogP contribution in [0.1, 0.15) is 83.9 Å². The number of benzene rings is 2. The Hall–Kier alpha value is -2.90. The summed E-state index contributed by atoms with van der Waals surface area (Å²) in [5.41, 5.74) is 3.83. The van der Waals surface area contributed by atoms with Crippen LogP contribution in [0.5, 0.6) is 0 Å². The molecule has 0 aliphatic heterocycles. The zero-order chi connectivity index (χ0) is 25.9. The second kappa shape index (κ2) is 13.7. The Morgan fingerprint density at radius 2 is 1.76 bits per heavy atom. The zero-order valence-corrected chi connectivity index (χ0v) is 22.1. The van der Waals surface area contributed by atoms with Crippen molar-refractivity contribution in [2.75, 3.05) is 4.90 Å². The molecule has 184 valence electrons. The third kappa shape index (κ3) is 7.85. The quantitative estimate of drug-likeness (QED) is 0.489. The fraction of sp³-hybridized carbons (Fsp3) is 0.467. The van der Waals surface area contributed by atoms with Gasteiger partial charge < -0.3 is 10.0 Å². The van der Waals surface area contributed by atoms with Crippen molar-refractivity contribution in [1.82, 2.24) is 0 Å². The van der Waals surface area contributed by atoms with E-state index < -0.39 is 5.60 Å². The first-order valence-corrected chi connectivity index (χ1v) is 12.2. The number of aliphatic hydroxyl groups is 1. The molecule has 1 fully saturated rings. The third-order valence-electron chi connectivity index (χ3n) is 6.26. The molecule has 0 radical (unpaired) electrons. The summed E-state index contributed by atoms with van der Waals surface area (Å²) in [6.07, 6.45) is 5.00. The van der Waals surface area contributed by atoms with E-state index in [2.05, 4.69) is 38.3 Å². The van der Waals surface area contributed by atoms with Crippen molar-refractivity contribution in [3.63, 3.8) is 0 Å². The van der Waals surface area contributed by atoms with Gasteiger partial charge in [0.25, 0.3) is 0 Å². The Kier molecular flexibility index (Phi) is 11.8. The molecule has 0 unspecified atom stereocenters. The molecule has 2 atom stereocenters. The highest BCUT2D eigenvalue weighted by Gasteiger charge is 2.33. The third-order valence-corrected chi connectivity index (χ3v) is 6.26. The first-order valence-electron chi connectivity index (χ1n) is 12.2. The van der Waals surface area contributed by atoms with E-state index in [-0.39, 0.29) is 11.7 Å². The predicted octanol–water partition coefficient (Wildman–Crippen LogP) is 7.29. The lowest BCUT2D eigenvalue weighted by Crippen LogP contribution is -2.39. The van der Waals surface area contributed by atoms with Gasteiger partial charge in [-0.3, -0.25) is 4.79 Å². The molecule has 0 aromatic heterocycles. The number of carbonyl (C=O) groups excluding carboxylic acids is 1. The highest BCUT2D eigenvalue weighted by Crippen LogP contribution is 2.34. The minimum Gasteiger partial charge on any atom is -0.385 e. The molecule has 1 N–H and O–H groups in total. The SMILES string of the molecule is C=C(C)N(c1cc(C#N)ccc1C)C1CCC1.CC(=O)[C@@H](C)[C@@](C)(O)c1ccccc1.CCC. The van der Waals surface area contributed by atoms with E-state index in [4.69, 9.17) is 5.26 Å². The van der Waals surface area contributed by atoms with Crippen molar-refractivity contribution in [2.45, 2.75) is 85.8 Å². The van der Waals surface area contributed by atoms with E-state index in [1.54, 1.807) is 13.8 Å². The number of carbonyl (C=O) groups is 1. The summed E-state index contributed by atoms with van der Waals surface area (Å²) in [7, 11) is 0. The van der Waals surface area contributed by atoms with Gasteiger partial charge in [-0.05, 0) is 70.2 Å². The Labute approximate surface area is 206 Å². The molecule has 1 saturated carbocycles. The Morgan fingerprint density at radius 1 is 1.21 bits per heavy atom. The summed E-state index contributed by atoms with van der Waals surface area (Å²) in [6, 6.07) is 17.9. The molecule has 34 heavy (non-hydrogen) atoms. The van der Waals surface area contributed by atoms with Crippen LogP contribution in [-0.2, 0) is 10.4 Å². The summed E-state index contributed by atoms with van der Waals surface area (Å²) < 4.78 is 0.